The Labute approximate surface area is 124 Å². The Hall–Kier alpha value is -2.33. The number of nitrogens with zero attached hydrogens (tertiary/aromatic N) is 1. The maximum Gasteiger partial charge on any atom is 0.251 e. The van der Waals surface area contributed by atoms with Crippen molar-refractivity contribution in [3.8, 4) is 0 Å². The standard InChI is InChI=1S/C17H19N3O/c1-20(2)11-12-7-9-13(10-8-12)18-16-14-5-3-4-6-15(14)19-17(16)21/h3-10,16,18H,11H2,1-2H3,(H,19,21). The Balaban J connectivity index is 1.76. The Morgan fingerprint density at radius 2 is 1.81 bits per heavy atom. The fourth-order valence-electron chi connectivity index (χ4n) is 2.59. The molecule has 21 heavy (non-hydrogen) atoms. The number of amides is 1. The summed E-state index contributed by atoms with van der Waals surface area (Å²) in [6.07, 6.45) is 0. The SMILES string of the molecule is CN(C)Cc1ccc(NC2C(=O)Nc3ccccc32)cc1. The fraction of sp³-hybridized carbons (Fsp3) is 0.235. The number of para-hydroxylation sites is 1. The molecule has 0 aliphatic carbocycles. The van der Waals surface area contributed by atoms with Gasteiger partial charge in [-0.05, 0) is 37.9 Å². The summed E-state index contributed by atoms with van der Waals surface area (Å²) >= 11 is 0. The molecule has 0 fully saturated rings. The van der Waals surface area contributed by atoms with Crippen molar-refractivity contribution < 1.29 is 4.79 Å². The highest BCUT2D eigenvalue weighted by atomic mass is 16.2. The lowest BCUT2D eigenvalue weighted by atomic mass is 10.1. The number of rotatable bonds is 4. The molecule has 1 atom stereocenters. The number of carbonyl (C=O) groups is 1. The van der Waals surface area contributed by atoms with Crippen LogP contribution in [-0.2, 0) is 11.3 Å². The van der Waals surface area contributed by atoms with Gasteiger partial charge < -0.3 is 15.5 Å². The minimum atomic E-state index is -0.319. The van der Waals surface area contributed by atoms with E-state index in [0.29, 0.717) is 0 Å². The molecule has 1 unspecified atom stereocenters. The summed E-state index contributed by atoms with van der Waals surface area (Å²) in [5, 5.41) is 6.20. The highest BCUT2D eigenvalue weighted by Gasteiger charge is 2.29. The van der Waals surface area contributed by atoms with E-state index >= 15 is 0 Å². The number of benzene rings is 2. The lowest BCUT2D eigenvalue weighted by Crippen LogP contribution is -2.19. The van der Waals surface area contributed by atoms with Crippen LogP contribution in [0.3, 0.4) is 0 Å². The predicted octanol–water partition coefficient (Wildman–Crippen LogP) is 2.85. The molecule has 0 bridgehead atoms. The summed E-state index contributed by atoms with van der Waals surface area (Å²) in [6.45, 7) is 0.910. The van der Waals surface area contributed by atoms with Gasteiger partial charge in [0.05, 0.1) is 0 Å². The number of hydrogen-bond acceptors (Lipinski definition) is 3. The third kappa shape index (κ3) is 2.90. The van der Waals surface area contributed by atoms with Gasteiger partial charge in [-0.1, -0.05) is 30.3 Å². The molecule has 2 aromatic carbocycles. The van der Waals surface area contributed by atoms with E-state index in [2.05, 4.69) is 27.7 Å². The lowest BCUT2D eigenvalue weighted by Gasteiger charge is -2.14. The largest absolute Gasteiger partial charge is 0.370 e. The Morgan fingerprint density at radius 3 is 2.52 bits per heavy atom. The second-order valence-corrected chi connectivity index (χ2v) is 5.59. The number of anilines is 2. The molecule has 1 heterocycles. The third-order valence-electron chi connectivity index (χ3n) is 3.56. The van der Waals surface area contributed by atoms with Crippen molar-refractivity contribution in [1.82, 2.24) is 4.90 Å². The zero-order valence-electron chi connectivity index (χ0n) is 12.3. The van der Waals surface area contributed by atoms with Gasteiger partial charge in [0.25, 0.3) is 5.91 Å². The normalized spacial score (nSPS) is 16.7. The third-order valence-corrected chi connectivity index (χ3v) is 3.56. The van der Waals surface area contributed by atoms with Crippen molar-refractivity contribution >= 4 is 17.3 Å². The summed E-state index contributed by atoms with van der Waals surface area (Å²) in [4.78, 5) is 14.2. The molecule has 2 aromatic rings. The van der Waals surface area contributed by atoms with Crippen molar-refractivity contribution in [3.05, 3.63) is 59.7 Å². The van der Waals surface area contributed by atoms with Gasteiger partial charge in [0.15, 0.2) is 0 Å². The van der Waals surface area contributed by atoms with Crippen molar-refractivity contribution in [1.29, 1.82) is 0 Å². The molecule has 0 aromatic heterocycles. The summed E-state index contributed by atoms with van der Waals surface area (Å²) in [6, 6.07) is 15.7. The van der Waals surface area contributed by atoms with E-state index in [0.717, 1.165) is 23.5 Å². The highest BCUT2D eigenvalue weighted by molar-refractivity contribution is 6.04. The molecule has 0 saturated heterocycles. The summed E-state index contributed by atoms with van der Waals surface area (Å²) in [5.41, 5.74) is 4.10. The zero-order chi connectivity index (χ0) is 14.8. The van der Waals surface area contributed by atoms with Gasteiger partial charge in [-0.15, -0.1) is 0 Å². The minimum absolute atomic E-state index is 0.00596. The van der Waals surface area contributed by atoms with Crippen LogP contribution in [0.1, 0.15) is 17.2 Å². The van der Waals surface area contributed by atoms with Crippen LogP contribution in [0.2, 0.25) is 0 Å². The predicted molar refractivity (Wildman–Crippen MR) is 85.3 cm³/mol. The number of carbonyl (C=O) groups excluding carboxylic acids is 1. The average Bonchev–Trinajstić information content (AvgIpc) is 2.77. The van der Waals surface area contributed by atoms with Gasteiger partial charge in [0.1, 0.15) is 6.04 Å². The quantitative estimate of drug-likeness (QED) is 0.905. The minimum Gasteiger partial charge on any atom is -0.370 e. The van der Waals surface area contributed by atoms with Crippen LogP contribution >= 0.6 is 0 Å². The van der Waals surface area contributed by atoms with Crippen LogP contribution < -0.4 is 10.6 Å². The molecule has 3 rings (SSSR count). The van der Waals surface area contributed by atoms with Crippen LogP contribution in [0.15, 0.2) is 48.5 Å². The molecule has 108 valence electrons. The zero-order valence-corrected chi connectivity index (χ0v) is 12.3. The fourth-order valence-corrected chi connectivity index (χ4v) is 2.59. The second kappa shape index (κ2) is 5.58. The molecule has 0 radical (unpaired) electrons. The number of nitrogens with one attached hydrogen (secondary N) is 2. The molecular weight excluding hydrogens is 262 g/mol. The van der Waals surface area contributed by atoms with Gasteiger partial charge in [-0.3, -0.25) is 4.79 Å². The van der Waals surface area contributed by atoms with E-state index in [-0.39, 0.29) is 11.9 Å². The average molecular weight is 281 g/mol. The molecular formula is C17H19N3O. The van der Waals surface area contributed by atoms with Crippen molar-refractivity contribution in [2.45, 2.75) is 12.6 Å². The summed E-state index contributed by atoms with van der Waals surface area (Å²) in [7, 11) is 4.10. The smallest absolute Gasteiger partial charge is 0.251 e. The lowest BCUT2D eigenvalue weighted by molar-refractivity contribution is -0.116. The summed E-state index contributed by atoms with van der Waals surface area (Å²) in [5.74, 6) is -0.00596. The molecule has 2 N–H and O–H groups in total. The van der Waals surface area contributed by atoms with E-state index in [4.69, 9.17) is 0 Å². The van der Waals surface area contributed by atoms with Gasteiger partial charge in [-0.2, -0.15) is 0 Å². The van der Waals surface area contributed by atoms with Crippen LogP contribution in [0.25, 0.3) is 0 Å². The maximum atomic E-state index is 12.1. The van der Waals surface area contributed by atoms with Crippen LogP contribution in [0, 0.1) is 0 Å². The molecule has 1 aliphatic rings. The van der Waals surface area contributed by atoms with Gasteiger partial charge in [0, 0.05) is 23.5 Å². The number of fused-ring (bicyclic) bond motifs is 1. The van der Waals surface area contributed by atoms with Crippen molar-refractivity contribution in [2.75, 3.05) is 24.7 Å². The molecule has 4 nitrogen and oxygen atoms in total. The van der Waals surface area contributed by atoms with E-state index in [1.807, 2.05) is 50.5 Å². The van der Waals surface area contributed by atoms with Gasteiger partial charge in [0.2, 0.25) is 0 Å². The molecule has 4 heteroatoms. The van der Waals surface area contributed by atoms with Crippen molar-refractivity contribution in [3.63, 3.8) is 0 Å². The summed E-state index contributed by atoms with van der Waals surface area (Å²) < 4.78 is 0. The first kappa shape index (κ1) is 13.6. The van der Waals surface area contributed by atoms with E-state index in [1.165, 1.54) is 5.56 Å². The highest BCUT2D eigenvalue weighted by Crippen LogP contribution is 2.32. The van der Waals surface area contributed by atoms with Crippen LogP contribution in [0.5, 0.6) is 0 Å². The van der Waals surface area contributed by atoms with Gasteiger partial charge >= 0.3 is 0 Å². The van der Waals surface area contributed by atoms with Crippen LogP contribution in [-0.4, -0.2) is 24.9 Å². The Kier molecular flexibility index (Phi) is 3.62. The van der Waals surface area contributed by atoms with Crippen molar-refractivity contribution in [2.24, 2.45) is 0 Å². The molecule has 0 saturated carbocycles. The Morgan fingerprint density at radius 1 is 1.10 bits per heavy atom. The monoisotopic (exact) mass is 281 g/mol. The topological polar surface area (TPSA) is 44.4 Å². The molecule has 1 aliphatic heterocycles. The van der Waals surface area contributed by atoms with Crippen LogP contribution in [0.4, 0.5) is 11.4 Å². The first-order valence-corrected chi connectivity index (χ1v) is 7.03. The number of hydrogen-bond donors (Lipinski definition) is 2. The first-order chi connectivity index (χ1) is 10.1. The van der Waals surface area contributed by atoms with E-state index in [1.54, 1.807) is 0 Å². The van der Waals surface area contributed by atoms with Gasteiger partial charge in [-0.25, -0.2) is 0 Å². The van der Waals surface area contributed by atoms with E-state index < -0.39 is 0 Å². The molecule has 1 amide bonds. The first-order valence-electron chi connectivity index (χ1n) is 7.03. The molecule has 0 spiro atoms. The maximum absolute atomic E-state index is 12.1. The second-order valence-electron chi connectivity index (χ2n) is 5.59. The van der Waals surface area contributed by atoms with E-state index in [9.17, 15) is 4.79 Å². The Bertz CT molecular complexity index is 649.